The molecule has 1 fully saturated rings. The summed E-state index contributed by atoms with van der Waals surface area (Å²) in [7, 11) is 0. The van der Waals surface area contributed by atoms with E-state index in [0.29, 0.717) is 12.8 Å². The van der Waals surface area contributed by atoms with E-state index < -0.39 is 30.3 Å². The van der Waals surface area contributed by atoms with E-state index in [1.165, 1.54) is 0 Å². The quantitative estimate of drug-likeness (QED) is 0.780. The fraction of sp³-hybridized carbons (Fsp3) is 0.900. The lowest BCUT2D eigenvalue weighted by Gasteiger charge is -2.32. The Morgan fingerprint density at radius 2 is 1.78 bits per heavy atom. The van der Waals surface area contributed by atoms with Crippen molar-refractivity contribution in [3.8, 4) is 0 Å². The van der Waals surface area contributed by atoms with Crippen molar-refractivity contribution in [2.24, 2.45) is 5.73 Å². The predicted molar refractivity (Wildman–Crippen MR) is 61.2 cm³/mol. The third-order valence-corrected chi connectivity index (χ3v) is 3.00. The van der Waals surface area contributed by atoms with Crippen LogP contribution in [-0.2, 0) is 4.79 Å². The minimum atomic E-state index is -4.21. The van der Waals surface area contributed by atoms with Gasteiger partial charge in [0.2, 0.25) is 5.91 Å². The van der Waals surface area contributed by atoms with Crippen LogP contribution in [0.5, 0.6) is 0 Å². The van der Waals surface area contributed by atoms with Gasteiger partial charge in [-0.15, -0.1) is 12.4 Å². The van der Waals surface area contributed by atoms with Crippen LogP contribution in [0, 0.1) is 0 Å². The molecule has 0 aromatic heterocycles. The predicted octanol–water partition coefficient (Wildman–Crippen LogP) is 2.09. The maximum atomic E-state index is 12.6. The Bertz CT molecular complexity index is 283. The summed E-state index contributed by atoms with van der Waals surface area (Å²) in [6.45, 7) is -1.37. The van der Waals surface area contributed by atoms with E-state index >= 15 is 0 Å². The van der Waals surface area contributed by atoms with Crippen molar-refractivity contribution in [3.63, 3.8) is 0 Å². The first-order valence-corrected chi connectivity index (χ1v) is 5.51. The lowest BCUT2D eigenvalue weighted by molar-refractivity contribution is -0.140. The van der Waals surface area contributed by atoms with Crippen LogP contribution in [0.25, 0.3) is 0 Å². The second-order valence-corrected chi connectivity index (χ2v) is 4.46. The van der Waals surface area contributed by atoms with Crippen LogP contribution in [0.1, 0.15) is 32.1 Å². The summed E-state index contributed by atoms with van der Waals surface area (Å²) in [5.41, 5.74) is 4.58. The van der Waals surface area contributed by atoms with E-state index in [1.54, 1.807) is 0 Å². The van der Waals surface area contributed by atoms with Gasteiger partial charge in [-0.1, -0.05) is 19.3 Å². The molecule has 0 unspecified atom stereocenters. The molecule has 1 aliphatic rings. The smallest absolute Gasteiger partial charge is 0.324 e. The summed E-state index contributed by atoms with van der Waals surface area (Å²) in [6, 6.07) is 0. The number of carbonyl (C=O) groups is 1. The molecule has 0 radical (unpaired) electrons. The van der Waals surface area contributed by atoms with Crippen molar-refractivity contribution in [1.29, 1.82) is 0 Å². The average molecular weight is 293 g/mol. The Kier molecular flexibility index (Phi) is 6.36. The highest BCUT2D eigenvalue weighted by Crippen LogP contribution is 2.27. The maximum absolute atomic E-state index is 12.6. The first-order valence-electron chi connectivity index (χ1n) is 5.51. The molecule has 1 saturated carbocycles. The van der Waals surface area contributed by atoms with Gasteiger partial charge in [-0.3, -0.25) is 4.79 Å². The number of nitrogens with two attached hydrogens (primary N) is 1. The Morgan fingerprint density at radius 3 is 2.22 bits per heavy atom. The molecule has 0 aromatic rings. The molecule has 0 heterocycles. The molecule has 3 nitrogen and oxygen atoms in total. The molecule has 0 spiro atoms. The average Bonchev–Trinajstić information content (AvgIpc) is 2.26. The van der Waals surface area contributed by atoms with Crippen molar-refractivity contribution in [3.05, 3.63) is 0 Å². The molecule has 1 rings (SSSR count). The van der Waals surface area contributed by atoms with Gasteiger partial charge in [0, 0.05) is 0 Å². The van der Waals surface area contributed by atoms with Gasteiger partial charge < -0.3 is 11.1 Å². The van der Waals surface area contributed by atoms with Crippen LogP contribution in [-0.4, -0.2) is 30.3 Å². The topological polar surface area (TPSA) is 55.1 Å². The molecule has 0 aliphatic heterocycles. The lowest BCUT2D eigenvalue weighted by atomic mass is 9.82. The van der Waals surface area contributed by atoms with Gasteiger partial charge in [-0.2, -0.15) is 8.78 Å². The van der Waals surface area contributed by atoms with Crippen molar-refractivity contribution in [2.45, 2.75) is 50.0 Å². The molecule has 0 bridgehead atoms. The molecule has 3 N–H and O–H groups in total. The van der Waals surface area contributed by atoms with Gasteiger partial charge in [0.25, 0.3) is 0 Å². The van der Waals surface area contributed by atoms with Gasteiger partial charge in [0.1, 0.15) is 0 Å². The fourth-order valence-electron chi connectivity index (χ4n) is 1.86. The van der Waals surface area contributed by atoms with E-state index in [1.807, 2.05) is 5.32 Å². The fourth-order valence-corrected chi connectivity index (χ4v) is 1.86. The maximum Gasteiger partial charge on any atom is 0.324 e. The number of halogens is 5. The van der Waals surface area contributed by atoms with Crippen LogP contribution in [0.2, 0.25) is 0 Å². The number of alkyl halides is 4. The highest BCUT2D eigenvalue weighted by atomic mass is 35.5. The van der Waals surface area contributed by atoms with Crippen LogP contribution >= 0.6 is 12.4 Å². The zero-order chi connectivity index (χ0) is 13.1. The van der Waals surface area contributed by atoms with Crippen LogP contribution in [0.3, 0.4) is 0 Å². The first-order chi connectivity index (χ1) is 7.78. The largest absolute Gasteiger partial charge is 0.348 e. The minimum absolute atomic E-state index is 0. The summed E-state index contributed by atoms with van der Waals surface area (Å²) in [6.07, 6.45) is -0.551. The van der Waals surface area contributed by atoms with Gasteiger partial charge in [-0.25, -0.2) is 8.78 Å². The molecule has 1 amide bonds. The van der Waals surface area contributed by atoms with Gasteiger partial charge in [0.05, 0.1) is 12.1 Å². The summed E-state index contributed by atoms with van der Waals surface area (Å²) < 4.78 is 48.9. The van der Waals surface area contributed by atoms with Gasteiger partial charge in [-0.05, 0) is 12.8 Å². The van der Waals surface area contributed by atoms with Crippen molar-refractivity contribution >= 4 is 18.3 Å². The normalized spacial score (nSPS) is 19.2. The Hall–Kier alpha value is -0.560. The van der Waals surface area contributed by atoms with E-state index in [0.717, 1.165) is 19.3 Å². The molecule has 1 aliphatic carbocycles. The molecular weight excluding hydrogens is 276 g/mol. The van der Waals surface area contributed by atoms with Crippen LogP contribution in [0.4, 0.5) is 17.6 Å². The second-order valence-electron chi connectivity index (χ2n) is 4.46. The Morgan fingerprint density at radius 1 is 1.28 bits per heavy atom. The lowest BCUT2D eigenvalue weighted by Crippen LogP contribution is -2.57. The zero-order valence-corrected chi connectivity index (χ0v) is 10.5. The monoisotopic (exact) mass is 292 g/mol. The molecular formula is C10H17ClF4N2O. The highest BCUT2D eigenvalue weighted by Gasteiger charge is 2.43. The number of amides is 1. The van der Waals surface area contributed by atoms with Crippen LogP contribution in [0.15, 0.2) is 0 Å². The SMILES string of the molecule is Cl.NC1(C(=O)NCC(F)(F)C(F)F)CCCCC1. The first kappa shape index (κ1) is 17.4. The van der Waals surface area contributed by atoms with Crippen LogP contribution < -0.4 is 11.1 Å². The van der Waals surface area contributed by atoms with E-state index in [2.05, 4.69) is 0 Å². The summed E-state index contributed by atoms with van der Waals surface area (Å²) in [4.78, 5) is 11.6. The van der Waals surface area contributed by atoms with Crippen molar-refractivity contribution < 1.29 is 22.4 Å². The third kappa shape index (κ3) is 4.28. The number of hydrogen-bond donors (Lipinski definition) is 2. The second kappa shape index (κ2) is 6.56. The number of nitrogens with one attached hydrogen (secondary N) is 1. The van der Waals surface area contributed by atoms with E-state index in [4.69, 9.17) is 5.73 Å². The molecule has 18 heavy (non-hydrogen) atoms. The number of rotatable bonds is 4. The van der Waals surface area contributed by atoms with Crippen molar-refractivity contribution in [2.75, 3.05) is 6.54 Å². The molecule has 108 valence electrons. The Balaban J connectivity index is 0.00000289. The standard InChI is InChI=1S/C10H16F4N2O.ClH/c11-7(12)10(13,14)6-16-8(17)9(15)4-2-1-3-5-9;/h7H,1-6,15H2,(H,16,17);1H. The minimum Gasteiger partial charge on any atom is -0.348 e. The molecule has 8 heteroatoms. The van der Waals surface area contributed by atoms with E-state index in [9.17, 15) is 22.4 Å². The summed E-state index contributed by atoms with van der Waals surface area (Å²) >= 11 is 0. The highest BCUT2D eigenvalue weighted by molar-refractivity contribution is 5.86. The van der Waals surface area contributed by atoms with E-state index in [-0.39, 0.29) is 12.4 Å². The van der Waals surface area contributed by atoms with Crippen molar-refractivity contribution in [1.82, 2.24) is 5.32 Å². The molecule has 0 aromatic carbocycles. The number of carbonyl (C=O) groups excluding carboxylic acids is 1. The van der Waals surface area contributed by atoms with Gasteiger partial charge in [0.15, 0.2) is 0 Å². The molecule has 0 saturated heterocycles. The third-order valence-electron chi connectivity index (χ3n) is 3.00. The summed E-state index contributed by atoms with van der Waals surface area (Å²) in [5.74, 6) is -4.97. The Labute approximate surface area is 109 Å². The zero-order valence-electron chi connectivity index (χ0n) is 9.73. The number of hydrogen-bond acceptors (Lipinski definition) is 2. The van der Waals surface area contributed by atoms with Gasteiger partial charge >= 0.3 is 12.3 Å². The molecule has 0 atom stereocenters. The summed E-state index contributed by atoms with van der Waals surface area (Å²) in [5, 5.41) is 1.82.